The van der Waals surface area contributed by atoms with Gasteiger partial charge in [0.1, 0.15) is 0 Å². The number of likely N-dealkylation sites (N-methyl/N-ethyl adjacent to an activating group) is 1. The van der Waals surface area contributed by atoms with Gasteiger partial charge in [0.15, 0.2) is 11.5 Å². The van der Waals surface area contributed by atoms with Crippen molar-refractivity contribution in [2.75, 3.05) is 25.1 Å². The molecule has 0 radical (unpaired) electrons. The smallest absolute Gasteiger partial charge is 0.200 e. The summed E-state index contributed by atoms with van der Waals surface area (Å²) in [6.45, 7) is 0.618. The first-order chi connectivity index (χ1) is 6.81. The van der Waals surface area contributed by atoms with Gasteiger partial charge in [-0.15, -0.1) is 14.8 Å². The third-order valence-corrected chi connectivity index (χ3v) is 1.88. The van der Waals surface area contributed by atoms with E-state index < -0.39 is 0 Å². The van der Waals surface area contributed by atoms with Crippen molar-refractivity contribution in [2.45, 2.75) is 0 Å². The molecule has 7 nitrogen and oxygen atoms in total. The van der Waals surface area contributed by atoms with E-state index in [4.69, 9.17) is 5.11 Å². The van der Waals surface area contributed by atoms with E-state index in [-0.39, 0.29) is 6.61 Å². The van der Waals surface area contributed by atoms with Crippen LogP contribution in [0.1, 0.15) is 0 Å². The van der Waals surface area contributed by atoms with Crippen molar-refractivity contribution in [3.63, 3.8) is 0 Å². The van der Waals surface area contributed by atoms with Crippen molar-refractivity contribution in [1.82, 2.24) is 25.3 Å². The van der Waals surface area contributed by atoms with Gasteiger partial charge in [0.25, 0.3) is 0 Å². The Morgan fingerprint density at radius 1 is 1.50 bits per heavy atom. The number of aliphatic hydroxyl groups is 1. The fourth-order valence-electron chi connectivity index (χ4n) is 1.11. The Bertz CT molecular complexity index is 427. The molecule has 2 rings (SSSR count). The zero-order chi connectivity index (χ0) is 9.97. The van der Waals surface area contributed by atoms with Crippen molar-refractivity contribution in [2.24, 2.45) is 0 Å². The van der Waals surface area contributed by atoms with Crippen LogP contribution in [0.15, 0.2) is 12.1 Å². The van der Waals surface area contributed by atoms with Crippen LogP contribution in [0.2, 0.25) is 0 Å². The molecule has 14 heavy (non-hydrogen) atoms. The van der Waals surface area contributed by atoms with Gasteiger partial charge in [-0.2, -0.15) is 0 Å². The molecule has 2 heterocycles. The predicted octanol–water partition coefficient (Wildman–Crippen LogP) is -1.05. The first kappa shape index (κ1) is 8.82. The summed E-state index contributed by atoms with van der Waals surface area (Å²) in [5.41, 5.74) is 0.603. The van der Waals surface area contributed by atoms with E-state index in [1.165, 1.54) is 4.63 Å². The van der Waals surface area contributed by atoms with Gasteiger partial charge in [-0.1, -0.05) is 0 Å². The maximum atomic E-state index is 8.75. The minimum absolute atomic E-state index is 0.0891. The molecule has 0 bridgehead atoms. The molecule has 0 aliphatic heterocycles. The van der Waals surface area contributed by atoms with Gasteiger partial charge in [-0.05, 0) is 22.6 Å². The maximum absolute atomic E-state index is 8.75. The molecule has 74 valence electrons. The molecule has 1 N–H and O–H groups in total. The van der Waals surface area contributed by atoms with Crippen molar-refractivity contribution < 1.29 is 5.11 Å². The molecular weight excluding hydrogens is 184 g/mol. The highest BCUT2D eigenvalue weighted by Crippen LogP contribution is 2.07. The lowest BCUT2D eigenvalue weighted by molar-refractivity contribution is 0.303. The van der Waals surface area contributed by atoms with Crippen molar-refractivity contribution in [3.8, 4) is 0 Å². The quantitative estimate of drug-likeness (QED) is 0.671. The van der Waals surface area contributed by atoms with Crippen molar-refractivity contribution in [3.05, 3.63) is 12.1 Å². The number of rotatable bonds is 3. The molecular formula is C7H10N6O. The van der Waals surface area contributed by atoms with Gasteiger partial charge >= 0.3 is 0 Å². The Kier molecular flexibility index (Phi) is 2.23. The Morgan fingerprint density at radius 3 is 3.14 bits per heavy atom. The highest BCUT2D eigenvalue weighted by Gasteiger charge is 2.04. The highest BCUT2D eigenvalue weighted by atomic mass is 16.3. The minimum atomic E-state index is 0.0891. The molecule has 0 fully saturated rings. The van der Waals surface area contributed by atoms with Crippen LogP contribution in [0, 0.1) is 0 Å². The predicted molar refractivity (Wildman–Crippen MR) is 48.9 cm³/mol. The number of tetrazole rings is 1. The summed E-state index contributed by atoms with van der Waals surface area (Å²) in [5.74, 6) is 0.721. The fraction of sp³-hybridized carbons (Fsp3) is 0.429. The number of nitrogens with zero attached hydrogens (tertiary/aromatic N) is 6. The van der Waals surface area contributed by atoms with Gasteiger partial charge in [0, 0.05) is 13.6 Å². The van der Waals surface area contributed by atoms with Crippen molar-refractivity contribution in [1.29, 1.82) is 0 Å². The topological polar surface area (TPSA) is 79.4 Å². The summed E-state index contributed by atoms with van der Waals surface area (Å²) in [6.07, 6.45) is 0. The summed E-state index contributed by atoms with van der Waals surface area (Å²) in [7, 11) is 1.84. The lowest BCUT2D eigenvalue weighted by Crippen LogP contribution is -2.22. The Labute approximate surface area is 80.0 Å². The average molecular weight is 194 g/mol. The third kappa shape index (κ3) is 1.49. The lowest BCUT2D eigenvalue weighted by atomic mass is 10.4. The summed E-state index contributed by atoms with van der Waals surface area (Å²) < 4.78 is 1.35. The Hall–Kier alpha value is -1.76. The van der Waals surface area contributed by atoms with Crippen LogP contribution in [-0.4, -0.2) is 50.6 Å². The standard InChI is InChI=1S/C7H10N6O/c1-12(4-5-14)7-3-2-6-8-10-11-13(6)9-7/h2-3,14H,4-5H2,1H3. The molecule has 0 spiro atoms. The first-order valence-electron chi connectivity index (χ1n) is 4.18. The maximum Gasteiger partial charge on any atom is 0.200 e. The average Bonchev–Trinajstić information content (AvgIpc) is 2.64. The lowest BCUT2D eigenvalue weighted by Gasteiger charge is -2.15. The second-order valence-corrected chi connectivity index (χ2v) is 2.86. The van der Waals surface area contributed by atoms with Crippen LogP contribution in [0.4, 0.5) is 5.82 Å². The molecule has 0 aliphatic rings. The number of aliphatic hydroxyl groups excluding tert-OH is 1. The number of fused-ring (bicyclic) bond motifs is 1. The van der Waals surface area contributed by atoms with E-state index in [1.807, 2.05) is 11.9 Å². The molecule has 0 aromatic carbocycles. The molecule has 0 amide bonds. The number of hydrogen-bond donors (Lipinski definition) is 1. The summed E-state index contributed by atoms with van der Waals surface area (Å²) in [5, 5.41) is 23.8. The molecule has 0 unspecified atom stereocenters. The second-order valence-electron chi connectivity index (χ2n) is 2.86. The highest BCUT2D eigenvalue weighted by molar-refractivity contribution is 5.43. The molecule has 0 saturated heterocycles. The number of hydrogen-bond acceptors (Lipinski definition) is 6. The van der Waals surface area contributed by atoms with Crippen LogP contribution in [0.5, 0.6) is 0 Å². The molecule has 2 aromatic rings. The van der Waals surface area contributed by atoms with Crippen LogP contribution < -0.4 is 4.90 Å². The van der Waals surface area contributed by atoms with Crippen LogP contribution >= 0.6 is 0 Å². The summed E-state index contributed by atoms with van der Waals surface area (Å²) in [4.78, 5) is 1.82. The zero-order valence-electron chi connectivity index (χ0n) is 7.70. The van der Waals surface area contributed by atoms with Gasteiger partial charge in [-0.3, -0.25) is 0 Å². The van der Waals surface area contributed by atoms with Gasteiger partial charge in [0.2, 0.25) is 0 Å². The van der Waals surface area contributed by atoms with E-state index in [1.54, 1.807) is 12.1 Å². The van der Waals surface area contributed by atoms with Crippen LogP contribution in [0.3, 0.4) is 0 Å². The molecule has 2 aromatic heterocycles. The monoisotopic (exact) mass is 194 g/mol. The number of anilines is 1. The van der Waals surface area contributed by atoms with E-state index in [0.717, 1.165) is 5.82 Å². The normalized spacial score (nSPS) is 10.7. The third-order valence-electron chi connectivity index (χ3n) is 1.88. The Balaban J connectivity index is 2.33. The molecule has 0 atom stereocenters. The van der Waals surface area contributed by atoms with Gasteiger partial charge in [-0.25, -0.2) is 0 Å². The van der Waals surface area contributed by atoms with Crippen LogP contribution in [0.25, 0.3) is 5.65 Å². The molecule has 0 aliphatic carbocycles. The second kappa shape index (κ2) is 3.54. The van der Waals surface area contributed by atoms with E-state index in [0.29, 0.717) is 12.2 Å². The van der Waals surface area contributed by atoms with E-state index in [2.05, 4.69) is 20.6 Å². The van der Waals surface area contributed by atoms with Crippen LogP contribution in [-0.2, 0) is 0 Å². The van der Waals surface area contributed by atoms with E-state index >= 15 is 0 Å². The SMILES string of the molecule is CN(CCO)c1ccc2nnnn2n1. The minimum Gasteiger partial charge on any atom is -0.395 e. The fourth-order valence-corrected chi connectivity index (χ4v) is 1.11. The first-order valence-corrected chi connectivity index (χ1v) is 4.18. The van der Waals surface area contributed by atoms with Gasteiger partial charge < -0.3 is 10.0 Å². The zero-order valence-corrected chi connectivity index (χ0v) is 7.70. The largest absolute Gasteiger partial charge is 0.395 e. The summed E-state index contributed by atoms with van der Waals surface area (Å²) >= 11 is 0. The number of aromatic nitrogens is 5. The van der Waals surface area contributed by atoms with Gasteiger partial charge in [0.05, 0.1) is 6.61 Å². The molecule has 0 saturated carbocycles. The Morgan fingerprint density at radius 2 is 2.36 bits per heavy atom. The molecule has 7 heteroatoms. The van der Waals surface area contributed by atoms with E-state index in [9.17, 15) is 0 Å². The summed E-state index contributed by atoms with van der Waals surface area (Å²) in [6, 6.07) is 3.58. The van der Waals surface area contributed by atoms with Crippen molar-refractivity contribution >= 4 is 11.5 Å².